The number of methoxy groups -OCH3 is 1. The highest BCUT2D eigenvalue weighted by molar-refractivity contribution is 5.94. The number of amides is 1. The maximum atomic E-state index is 12.5. The summed E-state index contributed by atoms with van der Waals surface area (Å²) < 4.78 is 10.7. The summed E-state index contributed by atoms with van der Waals surface area (Å²) in [4.78, 5) is 14.4. The first-order valence-corrected chi connectivity index (χ1v) is 6.62. The minimum absolute atomic E-state index is 0.0700. The Morgan fingerprint density at radius 3 is 3.00 bits per heavy atom. The standard InChI is InChI=1S/C15H21NO3/c1-11-9-19-12(2)8-16(11)15(17)14-6-4-5-13(7-14)10-18-3/h4-7,11-12H,8-10H2,1-3H3. The molecule has 1 fully saturated rings. The van der Waals surface area contributed by atoms with Gasteiger partial charge in [-0.2, -0.15) is 0 Å². The molecule has 0 spiro atoms. The van der Waals surface area contributed by atoms with Gasteiger partial charge < -0.3 is 14.4 Å². The van der Waals surface area contributed by atoms with E-state index in [-0.39, 0.29) is 18.1 Å². The number of carbonyl (C=O) groups excluding carboxylic acids is 1. The van der Waals surface area contributed by atoms with Crippen LogP contribution in [0.2, 0.25) is 0 Å². The normalized spacial score (nSPS) is 23.4. The summed E-state index contributed by atoms with van der Waals surface area (Å²) in [6, 6.07) is 7.74. The first-order chi connectivity index (χ1) is 9.11. The minimum atomic E-state index is 0.0700. The predicted molar refractivity (Wildman–Crippen MR) is 73.1 cm³/mol. The number of benzene rings is 1. The molecule has 19 heavy (non-hydrogen) atoms. The van der Waals surface area contributed by atoms with Crippen LogP contribution in [0.4, 0.5) is 0 Å². The van der Waals surface area contributed by atoms with Crippen LogP contribution in [0, 0.1) is 0 Å². The second-order valence-electron chi connectivity index (χ2n) is 5.08. The molecule has 2 rings (SSSR count). The lowest BCUT2D eigenvalue weighted by molar-refractivity contribution is -0.0387. The first kappa shape index (κ1) is 14.0. The van der Waals surface area contributed by atoms with E-state index in [0.29, 0.717) is 19.8 Å². The highest BCUT2D eigenvalue weighted by Crippen LogP contribution is 2.16. The number of carbonyl (C=O) groups is 1. The molecule has 1 aliphatic rings. The Hall–Kier alpha value is -1.39. The molecule has 0 aliphatic carbocycles. The number of hydrogen-bond acceptors (Lipinski definition) is 3. The number of nitrogens with zero attached hydrogens (tertiary/aromatic N) is 1. The number of ether oxygens (including phenoxy) is 2. The quantitative estimate of drug-likeness (QED) is 0.838. The summed E-state index contributed by atoms with van der Waals surface area (Å²) in [5, 5.41) is 0. The molecule has 4 heteroatoms. The molecule has 0 bridgehead atoms. The number of hydrogen-bond donors (Lipinski definition) is 0. The maximum Gasteiger partial charge on any atom is 0.254 e. The summed E-state index contributed by atoms with van der Waals surface area (Å²) in [6.07, 6.45) is 0.0994. The molecule has 0 aromatic heterocycles. The van der Waals surface area contributed by atoms with E-state index in [1.54, 1.807) is 7.11 Å². The van der Waals surface area contributed by atoms with Crippen LogP contribution in [0.1, 0.15) is 29.8 Å². The van der Waals surface area contributed by atoms with Gasteiger partial charge >= 0.3 is 0 Å². The van der Waals surface area contributed by atoms with Gasteiger partial charge in [-0.25, -0.2) is 0 Å². The average Bonchev–Trinajstić information content (AvgIpc) is 2.41. The van der Waals surface area contributed by atoms with Crippen LogP contribution in [0.5, 0.6) is 0 Å². The van der Waals surface area contributed by atoms with Gasteiger partial charge in [0.1, 0.15) is 0 Å². The summed E-state index contributed by atoms with van der Waals surface area (Å²) in [5.74, 6) is 0.0700. The van der Waals surface area contributed by atoms with Crippen molar-refractivity contribution >= 4 is 5.91 Å². The summed E-state index contributed by atoms with van der Waals surface area (Å²) in [7, 11) is 1.65. The Morgan fingerprint density at radius 2 is 2.26 bits per heavy atom. The molecule has 4 nitrogen and oxygen atoms in total. The van der Waals surface area contributed by atoms with Gasteiger partial charge in [0.05, 0.1) is 25.4 Å². The lowest BCUT2D eigenvalue weighted by Crippen LogP contribution is -2.50. The number of rotatable bonds is 3. The fourth-order valence-corrected chi connectivity index (χ4v) is 2.31. The van der Waals surface area contributed by atoms with Crippen molar-refractivity contribution in [3.05, 3.63) is 35.4 Å². The molecule has 1 amide bonds. The Morgan fingerprint density at radius 1 is 1.47 bits per heavy atom. The third kappa shape index (κ3) is 3.33. The second-order valence-corrected chi connectivity index (χ2v) is 5.08. The van der Waals surface area contributed by atoms with Gasteiger partial charge in [-0.15, -0.1) is 0 Å². The van der Waals surface area contributed by atoms with Gasteiger partial charge in [0, 0.05) is 19.2 Å². The van der Waals surface area contributed by atoms with Crippen molar-refractivity contribution in [1.82, 2.24) is 4.90 Å². The van der Waals surface area contributed by atoms with E-state index < -0.39 is 0 Å². The third-order valence-corrected chi connectivity index (χ3v) is 3.35. The van der Waals surface area contributed by atoms with E-state index in [2.05, 4.69) is 0 Å². The highest BCUT2D eigenvalue weighted by Gasteiger charge is 2.28. The molecule has 0 radical (unpaired) electrons. The predicted octanol–water partition coefficient (Wildman–Crippen LogP) is 2.08. The molecule has 104 valence electrons. The minimum Gasteiger partial charge on any atom is -0.380 e. The Bertz CT molecular complexity index is 447. The average molecular weight is 263 g/mol. The zero-order chi connectivity index (χ0) is 13.8. The van der Waals surface area contributed by atoms with Gasteiger partial charge in [-0.05, 0) is 31.5 Å². The lowest BCUT2D eigenvalue weighted by atomic mass is 10.1. The molecule has 1 heterocycles. The largest absolute Gasteiger partial charge is 0.380 e. The van der Waals surface area contributed by atoms with Gasteiger partial charge in [0.2, 0.25) is 0 Å². The molecule has 0 N–H and O–H groups in total. The van der Waals surface area contributed by atoms with Crippen LogP contribution in [0.25, 0.3) is 0 Å². The topological polar surface area (TPSA) is 38.8 Å². The zero-order valence-electron chi connectivity index (χ0n) is 11.8. The van der Waals surface area contributed by atoms with Crippen LogP contribution in [-0.4, -0.2) is 43.2 Å². The Labute approximate surface area is 114 Å². The fraction of sp³-hybridized carbons (Fsp3) is 0.533. The van der Waals surface area contributed by atoms with Crippen LogP contribution in [-0.2, 0) is 16.1 Å². The number of morpholine rings is 1. The van der Waals surface area contributed by atoms with Crippen molar-refractivity contribution in [1.29, 1.82) is 0 Å². The summed E-state index contributed by atoms with van der Waals surface area (Å²) in [6.45, 7) is 5.78. The first-order valence-electron chi connectivity index (χ1n) is 6.62. The monoisotopic (exact) mass is 263 g/mol. The van der Waals surface area contributed by atoms with Gasteiger partial charge in [0.15, 0.2) is 0 Å². The molecule has 2 atom stereocenters. The molecule has 1 aromatic carbocycles. The van der Waals surface area contributed by atoms with Crippen molar-refractivity contribution < 1.29 is 14.3 Å². The third-order valence-electron chi connectivity index (χ3n) is 3.35. The van der Waals surface area contributed by atoms with E-state index in [1.807, 2.05) is 43.0 Å². The van der Waals surface area contributed by atoms with Crippen LogP contribution in [0.3, 0.4) is 0 Å². The molecule has 1 aromatic rings. The van der Waals surface area contributed by atoms with Gasteiger partial charge in [0.25, 0.3) is 5.91 Å². The SMILES string of the molecule is COCc1cccc(C(=O)N2CC(C)OCC2C)c1. The van der Waals surface area contributed by atoms with E-state index in [9.17, 15) is 4.79 Å². The van der Waals surface area contributed by atoms with E-state index >= 15 is 0 Å². The maximum absolute atomic E-state index is 12.5. The van der Waals surface area contributed by atoms with Crippen LogP contribution in [0.15, 0.2) is 24.3 Å². The molecule has 0 saturated carbocycles. The molecular weight excluding hydrogens is 242 g/mol. The van der Waals surface area contributed by atoms with Crippen molar-refractivity contribution in [2.75, 3.05) is 20.3 Å². The van der Waals surface area contributed by atoms with Crippen molar-refractivity contribution in [3.8, 4) is 0 Å². The molecule has 2 unspecified atom stereocenters. The van der Waals surface area contributed by atoms with Gasteiger partial charge in [-0.3, -0.25) is 4.79 Å². The van der Waals surface area contributed by atoms with E-state index in [0.717, 1.165) is 11.1 Å². The van der Waals surface area contributed by atoms with E-state index in [4.69, 9.17) is 9.47 Å². The van der Waals surface area contributed by atoms with Crippen molar-refractivity contribution in [2.24, 2.45) is 0 Å². The summed E-state index contributed by atoms with van der Waals surface area (Å²) in [5.41, 5.74) is 1.73. The highest BCUT2D eigenvalue weighted by atomic mass is 16.5. The van der Waals surface area contributed by atoms with Crippen LogP contribution < -0.4 is 0 Å². The fourth-order valence-electron chi connectivity index (χ4n) is 2.31. The smallest absolute Gasteiger partial charge is 0.254 e. The second kappa shape index (κ2) is 6.17. The summed E-state index contributed by atoms with van der Waals surface area (Å²) >= 11 is 0. The zero-order valence-corrected chi connectivity index (χ0v) is 11.8. The molecule has 1 aliphatic heterocycles. The Kier molecular flexibility index (Phi) is 4.56. The lowest BCUT2D eigenvalue weighted by Gasteiger charge is -2.36. The Balaban J connectivity index is 2.16. The molecule has 1 saturated heterocycles. The van der Waals surface area contributed by atoms with Gasteiger partial charge in [-0.1, -0.05) is 12.1 Å². The molecular formula is C15H21NO3. The van der Waals surface area contributed by atoms with Crippen molar-refractivity contribution in [2.45, 2.75) is 32.6 Å². The van der Waals surface area contributed by atoms with Crippen LogP contribution >= 0.6 is 0 Å². The van der Waals surface area contributed by atoms with Crippen molar-refractivity contribution in [3.63, 3.8) is 0 Å². The van der Waals surface area contributed by atoms with E-state index in [1.165, 1.54) is 0 Å².